The van der Waals surface area contributed by atoms with Crippen LogP contribution in [-0.2, 0) is 0 Å². The number of nitrogens with two attached hydrogens (primary N) is 1. The summed E-state index contributed by atoms with van der Waals surface area (Å²) < 4.78 is 0. The van der Waals surface area contributed by atoms with E-state index in [1.165, 1.54) is 12.7 Å². The first-order valence-corrected chi connectivity index (χ1v) is 17.4. The molecule has 16 nitrogen and oxygen atoms in total. The van der Waals surface area contributed by atoms with Gasteiger partial charge in [-0.05, 0) is 60.1 Å². The van der Waals surface area contributed by atoms with Gasteiger partial charge in [-0.25, -0.2) is 19.9 Å². The molecule has 2 heterocycles. The van der Waals surface area contributed by atoms with E-state index in [1.807, 2.05) is 52.6 Å². The summed E-state index contributed by atoms with van der Waals surface area (Å²) in [5, 5.41) is 23.2. The summed E-state index contributed by atoms with van der Waals surface area (Å²) in [6.07, 6.45) is 2.78. The first kappa shape index (κ1) is 42.4. The third-order valence-electron chi connectivity index (χ3n) is 7.95. The van der Waals surface area contributed by atoms with Crippen molar-refractivity contribution >= 4 is 57.8 Å². The van der Waals surface area contributed by atoms with Crippen molar-refractivity contribution in [1.29, 1.82) is 0 Å². The van der Waals surface area contributed by atoms with Gasteiger partial charge in [-0.15, -0.1) is 0 Å². The summed E-state index contributed by atoms with van der Waals surface area (Å²) in [6, 6.07) is 10.6. The molecule has 0 saturated heterocycles. The molecule has 0 radical (unpaired) electrons. The number of aromatic nitrogens is 4. The van der Waals surface area contributed by atoms with Gasteiger partial charge in [-0.1, -0.05) is 53.7 Å². The Hall–Kier alpha value is -6.06. The highest BCUT2D eigenvalue weighted by Crippen LogP contribution is 2.35. The number of nitrogens with one attached hydrogen (secondary N) is 4. The van der Waals surface area contributed by atoms with Crippen molar-refractivity contribution in [2.24, 2.45) is 10.8 Å². The van der Waals surface area contributed by atoms with Gasteiger partial charge in [0.2, 0.25) is 11.6 Å². The van der Waals surface area contributed by atoms with E-state index in [0.717, 1.165) is 23.4 Å². The van der Waals surface area contributed by atoms with Crippen molar-refractivity contribution in [3.8, 4) is 0 Å². The van der Waals surface area contributed by atoms with Gasteiger partial charge < -0.3 is 36.8 Å². The van der Waals surface area contributed by atoms with E-state index in [9.17, 15) is 19.7 Å². The third kappa shape index (κ3) is 11.5. The standard InChI is InChI=1S/C19H26N6O3.C19H28N6O/c1-12-7-8-13(18(26)20-5)9-14(12)23-16-15(25(27)28)17(22-11-21-16)24(6)10-19(2,3)4;1-12-7-8-13(18(26)21-5)9-14(12)24-16-15(20)17(23-11-22-16)25(6)10-19(2,3)4/h7-9,11H,10H2,1-6H3,(H,20,26)(H,21,22,23);7-9,11H,10,20H2,1-6H3,(H,21,26)(H,22,23,24). The molecule has 0 unspecified atom stereocenters. The number of nitrogen functional groups attached to an aromatic ring is 1. The van der Waals surface area contributed by atoms with Crippen LogP contribution in [0.2, 0.25) is 0 Å². The summed E-state index contributed by atoms with van der Waals surface area (Å²) in [4.78, 5) is 55.7. The Labute approximate surface area is 317 Å². The predicted octanol–water partition coefficient (Wildman–Crippen LogP) is 6.23. The second-order valence-corrected chi connectivity index (χ2v) is 15.4. The molecule has 2 amide bonds. The molecule has 16 heteroatoms. The zero-order valence-electron chi connectivity index (χ0n) is 33.4. The highest BCUT2D eigenvalue weighted by atomic mass is 16.6. The Bertz CT molecular complexity index is 1970. The molecule has 2 aromatic heterocycles. The number of aryl methyl sites for hydroxylation is 2. The van der Waals surface area contributed by atoms with Crippen LogP contribution in [0.5, 0.6) is 0 Å². The molecular formula is C38H54N12O4. The van der Waals surface area contributed by atoms with Crippen LogP contribution in [0.3, 0.4) is 0 Å². The first-order chi connectivity index (χ1) is 25.1. The molecule has 0 fully saturated rings. The monoisotopic (exact) mass is 742 g/mol. The topological polar surface area (TPSA) is 209 Å². The fraction of sp³-hybridized carbons (Fsp3) is 0.421. The molecule has 6 N–H and O–H groups in total. The van der Waals surface area contributed by atoms with Crippen molar-refractivity contribution in [2.75, 3.05) is 67.4 Å². The summed E-state index contributed by atoms with van der Waals surface area (Å²) in [5.41, 5.74) is 10.8. The molecule has 0 aliphatic carbocycles. The van der Waals surface area contributed by atoms with Crippen LogP contribution in [0.15, 0.2) is 49.1 Å². The number of amides is 2. The molecule has 0 spiro atoms. The SMILES string of the molecule is CNC(=O)c1ccc(C)c(Nc2ncnc(N(C)CC(C)(C)C)c2N)c1.CNC(=O)c1ccc(C)c(Nc2ncnc(N(C)CC(C)(C)C)c2[N+](=O)[O-])c1. The molecule has 0 bridgehead atoms. The minimum absolute atomic E-state index is 0.0698. The van der Waals surface area contributed by atoms with Gasteiger partial charge in [0.25, 0.3) is 11.8 Å². The molecular weight excluding hydrogens is 688 g/mol. The van der Waals surface area contributed by atoms with E-state index in [2.05, 4.69) is 62.0 Å². The Morgan fingerprint density at radius 1 is 0.722 bits per heavy atom. The van der Waals surface area contributed by atoms with E-state index in [-0.39, 0.29) is 40.0 Å². The second kappa shape index (κ2) is 17.6. The second-order valence-electron chi connectivity index (χ2n) is 15.4. The van der Waals surface area contributed by atoms with Crippen LogP contribution in [0, 0.1) is 34.8 Å². The molecule has 0 aliphatic rings. The van der Waals surface area contributed by atoms with Gasteiger partial charge in [0.1, 0.15) is 18.3 Å². The third-order valence-corrected chi connectivity index (χ3v) is 7.95. The normalized spacial score (nSPS) is 11.1. The van der Waals surface area contributed by atoms with Gasteiger partial charge in [-0.2, -0.15) is 0 Å². The van der Waals surface area contributed by atoms with E-state index in [1.54, 1.807) is 56.4 Å². The predicted molar refractivity (Wildman–Crippen MR) is 216 cm³/mol. The van der Waals surface area contributed by atoms with Crippen LogP contribution in [-0.4, -0.2) is 78.0 Å². The molecule has 54 heavy (non-hydrogen) atoms. The van der Waals surface area contributed by atoms with Crippen LogP contribution in [0.25, 0.3) is 0 Å². The zero-order chi connectivity index (χ0) is 40.5. The maximum atomic E-state index is 11.9. The van der Waals surface area contributed by atoms with E-state index in [4.69, 9.17) is 5.73 Å². The fourth-order valence-corrected chi connectivity index (χ4v) is 5.61. The lowest BCUT2D eigenvalue weighted by atomic mass is 9.96. The Balaban J connectivity index is 0.000000291. The molecule has 290 valence electrons. The number of carbonyl (C=O) groups is 2. The average molecular weight is 743 g/mol. The number of nitro groups is 1. The van der Waals surface area contributed by atoms with Crippen molar-refractivity contribution < 1.29 is 14.5 Å². The summed E-state index contributed by atoms with van der Waals surface area (Å²) in [7, 11) is 6.88. The molecule has 4 rings (SSSR count). The molecule has 4 aromatic rings. The first-order valence-electron chi connectivity index (χ1n) is 17.4. The van der Waals surface area contributed by atoms with Gasteiger partial charge in [0.15, 0.2) is 11.6 Å². The number of carbonyl (C=O) groups excluding carboxylic acids is 2. The molecule has 0 aliphatic heterocycles. The lowest BCUT2D eigenvalue weighted by Gasteiger charge is -2.28. The maximum Gasteiger partial charge on any atom is 0.353 e. The quantitative estimate of drug-likeness (QED) is 0.0854. The van der Waals surface area contributed by atoms with Crippen LogP contribution in [0.1, 0.15) is 73.4 Å². The molecule has 0 atom stereocenters. The number of anilines is 7. The van der Waals surface area contributed by atoms with E-state index in [0.29, 0.717) is 40.7 Å². The minimum atomic E-state index is -0.491. The smallest absolute Gasteiger partial charge is 0.353 e. The Morgan fingerprint density at radius 2 is 1.13 bits per heavy atom. The van der Waals surface area contributed by atoms with Crippen LogP contribution in [0.4, 0.5) is 46.0 Å². The number of hydrogen-bond acceptors (Lipinski definition) is 13. The van der Waals surface area contributed by atoms with Crippen LogP contribution < -0.4 is 36.8 Å². The largest absolute Gasteiger partial charge is 0.393 e. The number of rotatable bonds is 11. The fourth-order valence-electron chi connectivity index (χ4n) is 5.61. The Kier molecular flexibility index (Phi) is 13.8. The zero-order valence-corrected chi connectivity index (χ0v) is 33.4. The number of benzene rings is 2. The van der Waals surface area contributed by atoms with E-state index < -0.39 is 4.92 Å². The number of hydrogen-bond donors (Lipinski definition) is 5. The number of nitrogens with zero attached hydrogens (tertiary/aromatic N) is 7. The lowest BCUT2D eigenvalue weighted by molar-refractivity contribution is -0.383. The molecule has 2 aromatic carbocycles. The lowest BCUT2D eigenvalue weighted by Crippen LogP contribution is -2.30. The van der Waals surface area contributed by atoms with Crippen molar-refractivity contribution in [1.82, 2.24) is 30.6 Å². The molecule has 0 saturated carbocycles. The van der Waals surface area contributed by atoms with Gasteiger partial charge in [-0.3, -0.25) is 19.7 Å². The summed E-state index contributed by atoms with van der Waals surface area (Å²) in [5.74, 6) is 1.12. The summed E-state index contributed by atoms with van der Waals surface area (Å²) in [6.45, 7) is 17.8. The Morgan fingerprint density at radius 3 is 1.56 bits per heavy atom. The maximum absolute atomic E-state index is 11.9. The van der Waals surface area contributed by atoms with Gasteiger partial charge >= 0.3 is 5.69 Å². The van der Waals surface area contributed by atoms with Crippen molar-refractivity contribution in [2.45, 2.75) is 55.4 Å². The summed E-state index contributed by atoms with van der Waals surface area (Å²) >= 11 is 0. The van der Waals surface area contributed by atoms with Gasteiger partial charge in [0.05, 0.1) is 4.92 Å². The highest BCUT2D eigenvalue weighted by Gasteiger charge is 2.28. The van der Waals surface area contributed by atoms with Gasteiger partial charge in [0, 0.05) is 63.8 Å². The van der Waals surface area contributed by atoms with Crippen LogP contribution >= 0.6 is 0 Å². The van der Waals surface area contributed by atoms with Crippen molar-refractivity contribution in [3.05, 3.63) is 81.4 Å². The van der Waals surface area contributed by atoms with E-state index >= 15 is 0 Å². The average Bonchev–Trinajstić information content (AvgIpc) is 3.08. The van der Waals surface area contributed by atoms with Crippen molar-refractivity contribution in [3.63, 3.8) is 0 Å². The highest BCUT2D eigenvalue weighted by molar-refractivity contribution is 5.96. The minimum Gasteiger partial charge on any atom is -0.393 e.